The third kappa shape index (κ3) is 19.5. The second kappa shape index (κ2) is 32.6. The van der Waals surface area contributed by atoms with Crippen LogP contribution in [0.15, 0.2) is 66.3 Å². The zero-order valence-corrected chi connectivity index (χ0v) is 54.6. The molecule has 2 saturated heterocycles. The van der Waals surface area contributed by atoms with Gasteiger partial charge in [0.2, 0.25) is 11.8 Å². The Hall–Kier alpha value is -7.03. The molecular weight excluding hydrogens is 1240 g/mol. The molecular formula is C63H86BrClN8O16. The SMILES string of the molecule is C=C(CBr)C(=O)OCCCCCC(=O)C[C@H](C(=O)N[C@@H](CCCNC(N)=O)C(=O)Cc1ccc(C(=O)N(C)[C@@H](C)C(=O)O[C@H]2CC(=O)N(C)c3cc(cc(C)c3Cl)C/C(C)=C/C=C/[C@@H](OC)[C@@]3(O)C[C@H](OC(=O)N3)[C@@H](C)[C@@H]3O[C@@]23C)cc1C(=O)NN)C(C)C. The molecule has 3 aliphatic heterocycles. The van der Waals surface area contributed by atoms with E-state index in [0.29, 0.717) is 42.0 Å². The number of allylic oxidation sites excluding steroid dienone is 3. The van der Waals surface area contributed by atoms with Gasteiger partial charge in [0.25, 0.3) is 11.8 Å². The molecule has 9 N–H and O–H groups in total. The number of nitrogens with zero attached hydrogens (tertiary/aromatic N) is 2. The van der Waals surface area contributed by atoms with Gasteiger partial charge in [0.05, 0.1) is 35.9 Å². The molecule has 0 radical (unpaired) electrons. The number of primary amides is 1. The molecule has 26 heteroatoms. The molecule has 2 aromatic carbocycles. The van der Waals surface area contributed by atoms with Gasteiger partial charge in [-0.15, -0.1) is 0 Å². The molecule has 0 spiro atoms. The average Bonchev–Trinajstić information content (AvgIpc) is 1.59. The van der Waals surface area contributed by atoms with Gasteiger partial charge in [-0.25, -0.2) is 25.0 Å². The third-order valence-corrected chi connectivity index (χ3v) is 17.8. The summed E-state index contributed by atoms with van der Waals surface area (Å²) in [6.45, 7) is 15.9. The molecule has 3 heterocycles. The van der Waals surface area contributed by atoms with E-state index < -0.39 is 126 Å². The number of halogens is 2. The van der Waals surface area contributed by atoms with Crippen LogP contribution < -0.4 is 37.9 Å². The van der Waals surface area contributed by atoms with E-state index in [4.69, 9.17) is 46.9 Å². The number of hydrogen-bond donors (Lipinski definition) is 7. The normalized spacial score (nSPS) is 23.7. The fourth-order valence-electron chi connectivity index (χ4n) is 10.9. The summed E-state index contributed by atoms with van der Waals surface area (Å²) in [4.78, 5) is 137. The van der Waals surface area contributed by atoms with Crippen LogP contribution in [0, 0.1) is 24.7 Å². The van der Waals surface area contributed by atoms with Gasteiger partial charge in [0.15, 0.2) is 11.5 Å². The van der Waals surface area contributed by atoms with Crippen molar-refractivity contribution in [1.29, 1.82) is 0 Å². The number of methoxy groups -OCH3 is 1. The number of aryl methyl sites for hydroxylation is 1. The first-order chi connectivity index (χ1) is 41.9. The molecule has 0 aliphatic carbocycles. The number of alkyl halides is 1. The summed E-state index contributed by atoms with van der Waals surface area (Å²) in [5.41, 5.74) is 6.94. The number of carbonyl (C=O) groups is 10. The zero-order chi connectivity index (χ0) is 66.2. The van der Waals surface area contributed by atoms with E-state index in [-0.39, 0.29) is 84.6 Å². The summed E-state index contributed by atoms with van der Waals surface area (Å²) < 4.78 is 29.1. The predicted octanol–water partition coefficient (Wildman–Crippen LogP) is 6.06. The Morgan fingerprint density at radius 2 is 1.75 bits per heavy atom. The summed E-state index contributed by atoms with van der Waals surface area (Å²) in [6, 6.07) is 4.28. The lowest BCUT2D eigenvalue weighted by Crippen LogP contribution is -2.63. The third-order valence-electron chi connectivity index (χ3n) is 16.6. The van der Waals surface area contributed by atoms with Gasteiger partial charge in [-0.1, -0.05) is 90.8 Å². The number of anilines is 1. The number of likely N-dealkylation sites (N-methyl/N-ethyl adjacent to an activating group) is 1. The molecule has 0 saturated carbocycles. The van der Waals surface area contributed by atoms with Crippen LogP contribution in [0.5, 0.6) is 0 Å². The van der Waals surface area contributed by atoms with Crippen LogP contribution in [0.4, 0.5) is 15.3 Å². The zero-order valence-electron chi connectivity index (χ0n) is 52.3. The molecule has 488 valence electrons. The topological polar surface area (TPSA) is 347 Å². The number of rotatable bonds is 26. The Morgan fingerprint density at radius 1 is 1.04 bits per heavy atom. The first-order valence-corrected chi connectivity index (χ1v) is 31.1. The number of nitrogen functional groups attached to an aromatic ring is 1. The maximum Gasteiger partial charge on any atom is 0.409 e. The van der Waals surface area contributed by atoms with Gasteiger partial charge in [-0.2, -0.15) is 0 Å². The number of esters is 2. The molecule has 7 amide bonds. The Bertz CT molecular complexity index is 3070. The fraction of sp³-hybridized carbons (Fsp3) is 0.556. The predicted molar refractivity (Wildman–Crippen MR) is 334 cm³/mol. The van der Waals surface area contributed by atoms with E-state index in [1.165, 1.54) is 44.2 Å². The second-order valence-electron chi connectivity index (χ2n) is 23.7. The molecule has 3 aliphatic rings. The van der Waals surface area contributed by atoms with E-state index >= 15 is 0 Å². The number of unbranched alkanes of at least 4 members (excludes halogenated alkanes) is 2. The van der Waals surface area contributed by atoms with Gasteiger partial charge in [0.1, 0.15) is 35.7 Å². The minimum atomic E-state index is -1.92. The van der Waals surface area contributed by atoms with Crippen molar-refractivity contribution < 1.29 is 76.7 Å². The number of epoxide rings is 1. The lowest BCUT2D eigenvalue weighted by atomic mass is 9.83. The number of ketones is 2. The van der Waals surface area contributed by atoms with Gasteiger partial charge in [-0.05, 0) is 107 Å². The molecule has 10 atom stereocenters. The van der Waals surface area contributed by atoms with Crippen molar-refractivity contribution in [2.45, 2.75) is 167 Å². The number of ether oxygens (including phenoxy) is 5. The summed E-state index contributed by atoms with van der Waals surface area (Å²) in [5, 5.41) is 20.3. The summed E-state index contributed by atoms with van der Waals surface area (Å²) in [6.07, 6.45) is 1.46. The van der Waals surface area contributed by atoms with Crippen molar-refractivity contribution in [2.24, 2.45) is 29.3 Å². The lowest BCUT2D eigenvalue weighted by Gasteiger charge is -2.42. The van der Waals surface area contributed by atoms with E-state index in [0.717, 1.165) is 16.0 Å². The summed E-state index contributed by atoms with van der Waals surface area (Å²) in [7, 11) is 4.27. The van der Waals surface area contributed by atoms with Crippen molar-refractivity contribution in [3.05, 3.63) is 99.1 Å². The highest BCUT2D eigenvalue weighted by molar-refractivity contribution is 9.09. The highest BCUT2D eigenvalue weighted by atomic mass is 79.9. The summed E-state index contributed by atoms with van der Waals surface area (Å²) in [5.74, 6) is -1.08. The monoisotopic (exact) mass is 1320 g/mol. The number of hydrazine groups is 1. The summed E-state index contributed by atoms with van der Waals surface area (Å²) >= 11 is 10.0. The van der Waals surface area contributed by atoms with Crippen LogP contribution in [-0.2, 0) is 65.3 Å². The van der Waals surface area contributed by atoms with Crippen molar-refractivity contribution in [3.8, 4) is 0 Å². The van der Waals surface area contributed by atoms with Crippen LogP contribution in [0.3, 0.4) is 0 Å². The number of aliphatic hydroxyl groups is 1. The van der Waals surface area contributed by atoms with E-state index in [2.05, 4.69) is 38.5 Å². The van der Waals surface area contributed by atoms with E-state index in [1.54, 1.807) is 53.0 Å². The highest BCUT2D eigenvalue weighted by Crippen LogP contribution is 2.49. The van der Waals surface area contributed by atoms with Crippen LogP contribution in [0.1, 0.15) is 137 Å². The number of amides is 7. The molecule has 24 nitrogen and oxygen atoms in total. The average molecular weight is 1330 g/mol. The largest absolute Gasteiger partial charge is 0.462 e. The number of hydrogen-bond acceptors (Lipinski definition) is 17. The lowest BCUT2D eigenvalue weighted by molar-refractivity contribution is -0.158. The number of nitrogens with one attached hydrogen (secondary N) is 4. The van der Waals surface area contributed by atoms with E-state index in [1.807, 2.05) is 31.4 Å². The first kappa shape index (κ1) is 72.7. The molecule has 89 heavy (non-hydrogen) atoms. The van der Waals surface area contributed by atoms with Gasteiger partial charge in [0, 0.05) is 87.3 Å². The maximum atomic E-state index is 14.5. The Morgan fingerprint density at radius 3 is 2.40 bits per heavy atom. The number of benzene rings is 2. The van der Waals surface area contributed by atoms with Gasteiger partial charge >= 0.3 is 24.1 Å². The van der Waals surface area contributed by atoms with Crippen LogP contribution in [0.2, 0.25) is 5.02 Å². The molecule has 4 bridgehead atoms. The van der Waals surface area contributed by atoms with Crippen molar-refractivity contribution in [3.63, 3.8) is 0 Å². The van der Waals surface area contributed by atoms with Crippen LogP contribution in [-0.4, -0.2) is 157 Å². The van der Waals surface area contributed by atoms with Crippen molar-refractivity contribution in [2.75, 3.05) is 44.6 Å². The minimum Gasteiger partial charge on any atom is -0.462 e. The number of carbonyl (C=O) groups excluding carboxylic acids is 10. The van der Waals surface area contributed by atoms with Crippen LogP contribution in [0.25, 0.3) is 0 Å². The fourth-order valence-corrected chi connectivity index (χ4v) is 11.4. The molecule has 0 unspecified atom stereocenters. The number of fused-ring (bicyclic) bond motifs is 5. The standard InChI is InChI=1S/C63H86BrClN8O16/c1-34(2)44(30-43(74)18-13-12-14-24-86-58(80)37(5)33-64)55(77)69-46(19-16-23-68-60(66)82)48(75)29-41-21-22-42(28-45(41)56(78)71-67)57(79)72(9)39(7)59(81)88-51-31-52(76)73(10)47-27-40(26-36(4)53(47)65)25-35(3)17-15-20-50(85-11)63(84)32-49(87-61(83)70-63)38(6)54-62(51,8)89-54/h15,17,20-22,26-28,34,38-39,44,46,49-51,54,84H,5,12-14,16,18-19,23-25,29-33,67H2,1-4,6-11H3,(H,69,77)(H,70,83)(H,71,78)(H3,66,68,82)/b20-15+,35-17+/t38-,39+,44+,46+,49+,50-,51+,54+,62+,63+/m1/s1. The number of urea groups is 1. The molecule has 5 rings (SSSR count). The smallest absolute Gasteiger partial charge is 0.409 e. The van der Waals surface area contributed by atoms with Crippen molar-refractivity contribution in [1.82, 2.24) is 26.3 Å². The number of nitrogens with two attached hydrogens (primary N) is 2. The number of Topliss-reactive ketones (excluding diaryl/α,β-unsaturated/α-hetero) is 2. The molecule has 0 aromatic heterocycles. The highest BCUT2D eigenvalue weighted by Gasteiger charge is 2.64. The Balaban J connectivity index is 1.37. The second-order valence-corrected chi connectivity index (χ2v) is 24.6. The van der Waals surface area contributed by atoms with Gasteiger partial charge < -0.3 is 55.0 Å². The Labute approximate surface area is 533 Å². The number of alkyl carbamates (subject to hydrolysis) is 1. The quantitative estimate of drug-likeness (QED) is 0.00647. The van der Waals surface area contributed by atoms with Crippen LogP contribution >= 0.6 is 27.5 Å². The van der Waals surface area contributed by atoms with Gasteiger partial charge in [-0.3, -0.25) is 39.5 Å². The first-order valence-electron chi connectivity index (χ1n) is 29.6. The minimum absolute atomic E-state index is 0.0204. The molecule has 2 aromatic rings. The molecule has 2 fully saturated rings. The van der Waals surface area contributed by atoms with Crippen molar-refractivity contribution >= 4 is 92.5 Å². The Kier molecular flexibility index (Phi) is 26.7. The maximum absolute atomic E-state index is 14.5. The van der Waals surface area contributed by atoms with E-state index in [9.17, 15) is 53.1 Å².